The van der Waals surface area contributed by atoms with Gasteiger partial charge in [0.15, 0.2) is 0 Å². The van der Waals surface area contributed by atoms with Crippen LogP contribution in [0.4, 0.5) is 0 Å². The lowest BCUT2D eigenvalue weighted by Gasteiger charge is -2.18. The Morgan fingerprint density at radius 3 is 2.60 bits per heavy atom. The van der Waals surface area contributed by atoms with Gasteiger partial charge in [-0.15, -0.1) is 6.58 Å². The van der Waals surface area contributed by atoms with Crippen LogP contribution in [-0.2, 0) is 4.79 Å². The highest BCUT2D eigenvalue weighted by Crippen LogP contribution is 2.14. The maximum Gasteiger partial charge on any atom is 0.132 e. The fourth-order valence-electron chi connectivity index (χ4n) is 0.919. The van der Waals surface area contributed by atoms with Gasteiger partial charge in [0, 0.05) is 6.42 Å². The molecule has 0 spiro atoms. The van der Waals surface area contributed by atoms with E-state index in [0.717, 1.165) is 0 Å². The molecule has 0 aliphatic rings. The zero-order valence-electron chi connectivity index (χ0n) is 6.55. The molecule has 2 heteroatoms. The van der Waals surface area contributed by atoms with Crippen molar-refractivity contribution in [3.05, 3.63) is 12.7 Å². The fourth-order valence-corrected chi connectivity index (χ4v) is 0.919. The van der Waals surface area contributed by atoms with Crippen LogP contribution in [0.25, 0.3) is 0 Å². The first-order chi connectivity index (χ1) is 4.48. The van der Waals surface area contributed by atoms with E-state index in [1.165, 1.54) is 6.92 Å². The molecule has 0 aliphatic heterocycles. The maximum atomic E-state index is 10.5. The topological polar surface area (TPSA) is 37.3 Å². The van der Waals surface area contributed by atoms with Crippen molar-refractivity contribution in [1.29, 1.82) is 0 Å². The highest BCUT2D eigenvalue weighted by atomic mass is 16.3. The molecule has 0 amide bonds. The van der Waals surface area contributed by atoms with Crippen LogP contribution in [0.15, 0.2) is 12.7 Å². The number of carbonyl (C=O) groups is 1. The van der Waals surface area contributed by atoms with Crippen molar-refractivity contribution < 1.29 is 9.90 Å². The number of rotatable bonds is 4. The molecule has 0 aromatic carbocycles. The maximum absolute atomic E-state index is 10.5. The average molecular weight is 142 g/mol. The Balaban J connectivity index is 3.85. The third-order valence-corrected chi connectivity index (χ3v) is 1.21. The molecule has 1 unspecified atom stereocenters. The first-order valence-corrected chi connectivity index (χ1v) is 3.30. The summed E-state index contributed by atoms with van der Waals surface area (Å²) in [6, 6.07) is 0. The Kier molecular flexibility index (Phi) is 3.30. The molecular formula is C8H14O2. The molecule has 0 fully saturated rings. The lowest BCUT2D eigenvalue weighted by molar-refractivity contribution is -0.121. The highest BCUT2D eigenvalue weighted by molar-refractivity contribution is 5.76. The van der Waals surface area contributed by atoms with Crippen molar-refractivity contribution in [2.45, 2.75) is 32.3 Å². The summed E-state index contributed by atoms with van der Waals surface area (Å²) in [5.41, 5.74) is -0.895. The van der Waals surface area contributed by atoms with Crippen LogP contribution in [0.5, 0.6) is 0 Å². The summed E-state index contributed by atoms with van der Waals surface area (Å²) in [5.74, 6) is 0.00634. The van der Waals surface area contributed by atoms with Crippen molar-refractivity contribution in [3.8, 4) is 0 Å². The predicted molar refractivity (Wildman–Crippen MR) is 40.7 cm³/mol. The zero-order chi connectivity index (χ0) is 8.20. The van der Waals surface area contributed by atoms with Gasteiger partial charge in [0.1, 0.15) is 5.78 Å². The molecule has 58 valence electrons. The van der Waals surface area contributed by atoms with Gasteiger partial charge >= 0.3 is 0 Å². The van der Waals surface area contributed by atoms with Gasteiger partial charge in [-0.05, 0) is 20.3 Å². The Morgan fingerprint density at radius 1 is 1.80 bits per heavy atom. The third kappa shape index (κ3) is 4.27. The average Bonchev–Trinajstić information content (AvgIpc) is 1.59. The lowest BCUT2D eigenvalue weighted by atomic mass is 9.96. The van der Waals surface area contributed by atoms with Crippen molar-refractivity contribution in [1.82, 2.24) is 0 Å². The van der Waals surface area contributed by atoms with Gasteiger partial charge in [-0.25, -0.2) is 0 Å². The van der Waals surface area contributed by atoms with Gasteiger partial charge in [-0.1, -0.05) is 6.08 Å². The molecule has 0 saturated carbocycles. The van der Waals surface area contributed by atoms with E-state index in [4.69, 9.17) is 0 Å². The van der Waals surface area contributed by atoms with Gasteiger partial charge in [0.05, 0.1) is 5.60 Å². The van der Waals surface area contributed by atoms with Gasteiger partial charge in [0.2, 0.25) is 0 Å². The van der Waals surface area contributed by atoms with Crippen molar-refractivity contribution in [3.63, 3.8) is 0 Å². The number of aliphatic hydroxyl groups is 1. The minimum Gasteiger partial charge on any atom is -0.389 e. The van der Waals surface area contributed by atoms with Crippen molar-refractivity contribution >= 4 is 5.78 Å². The van der Waals surface area contributed by atoms with E-state index in [-0.39, 0.29) is 12.2 Å². The molecule has 0 rings (SSSR count). The number of Topliss-reactive ketones (excluding diaryl/α,β-unsaturated/α-hetero) is 1. The summed E-state index contributed by atoms with van der Waals surface area (Å²) in [4.78, 5) is 10.5. The summed E-state index contributed by atoms with van der Waals surface area (Å²) in [6.45, 7) is 6.59. The molecule has 0 radical (unpaired) electrons. The summed E-state index contributed by atoms with van der Waals surface area (Å²) < 4.78 is 0. The van der Waals surface area contributed by atoms with E-state index in [1.54, 1.807) is 13.0 Å². The van der Waals surface area contributed by atoms with Crippen LogP contribution in [0.1, 0.15) is 26.7 Å². The predicted octanol–water partition coefficient (Wildman–Crippen LogP) is 1.29. The molecular weight excluding hydrogens is 128 g/mol. The normalized spacial score (nSPS) is 15.9. The van der Waals surface area contributed by atoms with Crippen molar-refractivity contribution in [2.24, 2.45) is 0 Å². The molecule has 10 heavy (non-hydrogen) atoms. The van der Waals surface area contributed by atoms with E-state index in [9.17, 15) is 9.90 Å². The van der Waals surface area contributed by atoms with Crippen LogP contribution in [-0.4, -0.2) is 16.5 Å². The monoisotopic (exact) mass is 142 g/mol. The van der Waals surface area contributed by atoms with Crippen LogP contribution in [0, 0.1) is 0 Å². The van der Waals surface area contributed by atoms with E-state index in [0.29, 0.717) is 6.42 Å². The molecule has 0 saturated heterocycles. The molecule has 0 aromatic rings. The molecule has 0 aliphatic carbocycles. The molecule has 0 bridgehead atoms. The molecule has 0 heterocycles. The number of hydrogen-bond donors (Lipinski definition) is 1. The number of ketones is 1. The fraction of sp³-hybridized carbons (Fsp3) is 0.625. The SMILES string of the molecule is C=CCC(C)(O)CC(C)=O. The number of hydrogen-bond acceptors (Lipinski definition) is 2. The summed E-state index contributed by atoms with van der Waals surface area (Å²) in [6.07, 6.45) is 2.29. The van der Waals surface area contributed by atoms with E-state index >= 15 is 0 Å². The smallest absolute Gasteiger partial charge is 0.132 e. The Morgan fingerprint density at radius 2 is 2.30 bits per heavy atom. The van der Waals surface area contributed by atoms with Gasteiger partial charge in [-0.3, -0.25) is 4.79 Å². The second kappa shape index (κ2) is 3.52. The minimum atomic E-state index is -0.895. The first kappa shape index (κ1) is 9.37. The summed E-state index contributed by atoms with van der Waals surface area (Å²) in [7, 11) is 0. The van der Waals surface area contributed by atoms with E-state index < -0.39 is 5.60 Å². The number of carbonyl (C=O) groups excluding carboxylic acids is 1. The zero-order valence-corrected chi connectivity index (χ0v) is 6.55. The van der Waals surface area contributed by atoms with E-state index in [2.05, 4.69) is 6.58 Å². The standard InChI is InChI=1S/C8H14O2/c1-4-5-8(3,10)6-7(2)9/h4,10H,1,5-6H2,2-3H3. The molecule has 2 nitrogen and oxygen atoms in total. The Labute approximate surface area is 61.6 Å². The van der Waals surface area contributed by atoms with Crippen LogP contribution < -0.4 is 0 Å². The second-order valence-corrected chi connectivity index (χ2v) is 2.87. The van der Waals surface area contributed by atoms with E-state index in [1.807, 2.05) is 0 Å². The van der Waals surface area contributed by atoms with Gasteiger partial charge in [-0.2, -0.15) is 0 Å². The van der Waals surface area contributed by atoms with Gasteiger partial charge < -0.3 is 5.11 Å². The van der Waals surface area contributed by atoms with Crippen LogP contribution >= 0.6 is 0 Å². The largest absolute Gasteiger partial charge is 0.389 e. The first-order valence-electron chi connectivity index (χ1n) is 3.30. The molecule has 1 atom stereocenters. The minimum absolute atomic E-state index is 0.00634. The Hall–Kier alpha value is -0.630. The van der Waals surface area contributed by atoms with Crippen molar-refractivity contribution in [2.75, 3.05) is 0 Å². The summed E-state index contributed by atoms with van der Waals surface area (Å²) >= 11 is 0. The van der Waals surface area contributed by atoms with Crippen LogP contribution in [0.2, 0.25) is 0 Å². The molecule has 1 N–H and O–H groups in total. The second-order valence-electron chi connectivity index (χ2n) is 2.87. The quantitative estimate of drug-likeness (QED) is 0.600. The summed E-state index contributed by atoms with van der Waals surface area (Å²) in [5, 5.41) is 9.39. The lowest BCUT2D eigenvalue weighted by Crippen LogP contribution is -2.25. The highest BCUT2D eigenvalue weighted by Gasteiger charge is 2.19. The van der Waals surface area contributed by atoms with Gasteiger partial charge in [0.25, 0.3) is 0 Å². The van der Waals surface area contributed by atoms with Crippen LogP contribution in [0.3, 0.4) is 0 Å². The third-order valence-electron chi connectivity index (χ3n) is 1.21. The molecule has 0 aromatic heterocycles. The Bertz CT molecular complexity index is 136.